The average Bonchev–Trinajstić information content (AvgIpc) is 2.97. The Morgan fingerprint density at radius 2 is 0.950 bits per heavy atom. The summed E-state index contributed by atoms with van der Waals surface area (Å²) in [6.45, 7) is 17.8. The fourth-order valence-corrected chi connectivity index (χ4v) is 5.76. The van der Waals surface area contributed by atoms with E-state index in [1.54, 1.807) is 0 Å². The largest absolute Gasteiger partial charge is 0.348 e. The molecule has 0 radical (unpaired) electrons. The molecule has 2 aromatic carbocycles. The van der Waals surface area contributed by atoms with Gasteiger partial charge in [0.15, 0.2) is 0 Å². The van der Waals surface area contributed by atoms with Gasteiger partial charge in [-0.3, -0.25) is 9.59 Å². The van der Waals surface area contributed by atoms with Crippen molar-refractivity contribution in [1.82, 2.24) is 10.6 Å². The van der Waals surface area contributed by atoms with E-state index in [1.165, 1.54) is 11.1 Å². The normalized spacial score (nSPS) is 11.8. The molecule has 0 aromatic heterocycles. The van der Waals surface area contributed by atoms with Gasteiger partial charge in [-0.1, -0.05) is 59.6 Å². The van der Waals surface area contributed by atoms with E-state index in [4.69, 9.17) is 23.2 Å². The molecule has 0 aliphatic rings. The van der Waals surface area contributed by atoms with Gasteiger partial charge in [0.2, 0.25) is 0 Å². The zero-order valence-electron chi connectivity index (χ0n) is 25.0. The van der Waals surface area contributed by atoms with Gasteiger partial charge in [-0.05, 0) is 65.5 Å². The molecule has 0 heterocycles. The second-order valence-electron chi connectivity index (χ2n) is 10.8. The first-order chi connectivity index (χ1) is 19.2. The maximum atomic E-state index is 12.3. The fourth-order valence-electron chi connectivity index (χ4n) is 5.37. The lowest BCUT2D eigenvalue weighted by Gasteiger charge is -2.37. The van der Waals surface area contributed by atoms with Crippen molar-refractivity contribution < 1.29 is 18.6 Å². The minimum atomic E-state index is -0.547. The lowest BCUT2D eigenvalue weighted by molar-refractivity contribution is -0.938. The first-order valence-corrected chi connectivity index (χ1v) is 15.7. The van der Waals surface area contributed by atoms with E-state index in [0.29, 0.717) is 13.1 Å². The molecule has 0 saturated carbocycles. The van der Waals surface area contributed by atoms with Crippen LogP contribution in [0.2, 0.25) is 10.0 Å². The van der Waals surface area contributed by atoms with Crippen LogP contribution in [0.15, 0.2) is 48.5 Å². The van der Waals surface area contributed by atoms with Crippen LogP contribution in [-0.4, -0.2) is 73.1 Å². The lowest BCUT2D eigenvalue weighted by atomic mass is 10.1. The number of rotatable bonds is 18. The van der Waals surface area contributed by atoms with Crippen LogP contribution >= 0.6 is 23.2 Å². The number of carbonyl (C=O) groups excluding carboxylic acids is 2. The predicted octanol–water partition coefficient (Wildman–Crippen LogP) is 6.20. The molecule has 0 aliphatic heterocycles. The van der Waals surface area contributed by atoms with Gasteiger partial charge in [0.1, 0.15) is 13.1 Å². The van der Waals surface area contributed by atoms with Crippen LogP contribution in [0.1, 0.15) is 64.5 Å². The van der Waals surface area contributed by atoms with Crippen LogP contribution in [0.3, 0.4) is 0 Å². The number of benzene rings is 2. The van der Waals surface area contributed by atoms with E-state index < -0.39 is 11.8 Å². The molecule has 0 atom stereocenters. The molecule has 0 fully saturated rings. The molecular weight excluding hydrogens is 543 g/mol. The summed E-state index contributed by atoms with van der Waals surface area (Å²) in [7, 11) is 0. The Labute approximate surface area is 252 Å². The van der Waals surface area contributed by atoms with Crippen LogP contribution in [0.4, 0.5) is 0 Å². The summed E-state index contributed by atoms with van der Waals surface area (Å²) in [5.41, 5.74) is 2.35. The number of unbranched alkanes of at least 4 members (excludes halogenated alkanes) is 2. The Hall–Kier alpha value is -2.12. The second kappa shape index (κ2) is 17.6. The fraction of sp³-hybridized carbons (Fsp3) is 0.562. The molecule has 0 bridgehead atoms. The number of hydrogen-bond donors (Lipinski definition) is 2. The number of halogens is 2. The van der Waals surface area contributed by atoms with E-state index in [1.807, 2.05) is 36.4 Å². The van der Waals surface area contributed by atoms with Gasteiger partial charge in [-0.15, -0.1) is 0 Å². The number of carbonyl (C=O) groups is 2. The third kappa shape index (κ3) is 10.7. The van der Waals surface area contributed by atoms with Gasteiger partial charge in [0.25, 0.3) is 0 Å². The van der Waals surface area contributed by atoms with Crippen LogP contribution in [-0.2, 0) is 22.7 Å². The Kier molecular flexibility index (Phi) is 15.0. The highest BCUT2D eigenvalue weighted by Crippen LogP contribution is 2.23. The van der Waals surface area contributed by atoms with E-state index >= 15 is 0 Å². The monoisotopic (exact) mass is 592 g/mol. The lowest BCUT2D eigenvalue weighted by Crippen LogP contribution is -2.48. The summed E-state index contributed by atoms with van der Waals surface area (Å²) in [6, 6.07) is 16.1. The van der Waals surface area contributed by atoms with E-state index in [-0.39, 0.29) is 0 Å². The smallest absolute Gasteiger partial charge is 0.309 e. The zero-order chi connectivity index (χ0) is 29.4. The summed E-state index contributed by atoms with van der Waals surface area (Å²) in [5.74, 6) is -1.09. The number of amides is 2. The Morgan fingerprint density at radius 1 is 0.600 bits per heavy atom. The second-order valence-corrected chi connectivity index (χ2v) is 11.6. The molecule has 2 aromatic rings. The molecule has 0 unspecified atom stereocenters. The summed E-state index contributed by atoms with van der Waals surface area (Å²) < 4.78 is 1.90. The quantitative estimate of drug-likeness (QED) is 0.123. The Morgan fingerprint density at radius 3 is 1.27 bits per heavy atom. The third-order valence-corrected chi connectivity index (χ3v) is 9.24. The average molecular weight is 594 g/mol. The van der Waals surface area contributed by atoms with E-state index in [2.05, 4.69) is 50.5 Å². The molecule has 2 rings (SSSR count). The van der Waals surface area contributed by atoms with Gasteiger partial charge in [-0.2, -0.15) is 0 Å². The first-order valence-electron chi connectivity index (χ1n) is 15.0. The standard InChI is InChI=1S/C32H48Cl2N4O2/c1-5-37(6-2,25-27-17-9-11-19-29(27)33)23-15-13-21-35-31(39)32(40)36-22-14-16-24-38(7-3,8-4)26-28-18-10-12-20-30(28)34/h9-12,17-20H,5-8,13-16,21-26H2,1-4H3/p+2. The number of quaternary nitrogens is 2. The molecular formula is C32H50Cl2N4O2+2. The van der Waals surface area contributed by atoms with E-state index in [9.17, 15) is 9.59 Å². The Balaban J connectivity index is 1.67. The van der Waals surface area contributed by atoms with Gasteiger partial charge >= 0.3 is 11.8 Å². The van der Waals surface area contributed by atoms with Gasteiger partial charge in [0, 0.05) is 34.3 Å². The van der Waals surface area contributed by atoms with E-state index in [0.717, 1.165) is 97.1 Å². The zero-order valence-corrected chi connectivity index (χ0v) is 26.5. The molecule has 0 spiro atoms. The molecule has 2 amide bonds. The first kappa shape index (κ1) is 34.1. The molecule has 2 N–H and O–H groups in total. The molecule has 0 saturated heterocycles. The van der Waals surface area contributed by atoms with Crippen molar-refractivity contribution in [3.8, 4) is 0 Å². The summed E-state index contributed by atoms with van der Waals surface area (Å²) in [4.78, 5) is 24.6. The summed E-state index contributed by atoms with van der Waals surface area (Å²) in [6.07, 6.45) is 3.61. The topological polar surface area (TPSA) is 58.2 Å². The van der Waals surface area contributed by atoms with Crippen molar-refractivity contribution >= 4 is 35.0 Å². The number of nitrogens with zero attached hydrogens (tertiary/aromatic N) is 2. The van der Waals surface area contributed by atoms with Gasteiger partial charge < -0.3 is 19.6 Å². The van der Waals surface area contributed by atoms with Crippen LogP contribution in [0.25, 0.3) is 0 Å². The summed E-state index contributed by atoms with van der Waals surface area (Å²) in [5, 5.41) is 7.20. The minimum Gasteiger partial charge on any atom is -0.348 e. The molecule has 222 valence electrons. The van der Waals surface area contributed by atoms with Crippen molar-refractivity contribution in [2.75, 3.05) is 52.4 Å². The third-order valence-electron chi connectivity index (χ3n) is 8.51. The minimum absolute atomic E-state index is 0.501. The molecule has 8 heteroatoms. The molecule has 6 nitrogen and oxygen atoms in total. The molecule has 40 heavy (non-hydrogen) atoms. The van der Waals surface area contributed by atoms with Crippen molar-refractivity contribution in [2.24, 2.45) is 0 Å². The maximum Gasteiger partial charge on any atom is 0.309 e. The Bertz CT molecular complexity index is 971. The molecule has 0 aliphatic carbocycles. The van der Waals surface area contributed by atoms with Gasteiger partial charge in [0.05, 0.1) is 39.3 Å². The predicted molar refractivity (Wildman–Crippen MR) is 167 cm³/mol. The maximum absolute atomic E-state index is 12.3. The van der Waals surface area contributed by atoms with Crippen molar-refractivity contribution in [3.05, 3.63) is 69.7 Å². The summed E-state index contributed by atoms with van der Waals surface area (Å²) >= 11 is 12.8. The van der Waals surface area contributed by atoms with Crippen LogP contribution in [0, 0.1) is 0 Å². The van der Waals surface area contributed by atoms with Gasteiger partial charge in [-0.25, -0.2) is 0 Å². The highest BCUT2D eigenvalue weighted by molar-refractivity contribution is 6.35. The highest BCUT2D eigenvalue weighted by Gasteiger charge is 2.25. The van der Waals surface area contributed by atoms with Crippen LogP contribution in [0.5, 0.6) is 0 Å². The SMILES string of the molecule is CC[N+](CC)(CCCCNC(=O)C(=O)NCCCC[N+](CC)(CC)Cc1ccccc1Cl)Cc1ccccc1Cl. The highest BCUT2D eigenvalue weighted by atomic mass is 35.5. The number of nitrogens with one attached hydrogen (secondary N) is 2. The number of hydrogen-bond acceptors (Lipinski definition) is 2. The van der Waals surface area contributed by atoms with Crippen molar-refractivity contribution in [3.63, 3.8) is 0 Å². The van der Waals surface area contributed by atoms with Crippen molar-refractivity contribution in [2.45, 2.75) is 66.5 Å². The van der Waals surface area contributed by atoms with Crippen molar-refractivity contribution in [1.29, 1.82) is 0 Å². The van der Waals surface area contributed by atoms with Crippen LogP contribution < -0.4 is 10.6 Å².